The van der Waals surface area contributed by atoms with Gasteiger partial charge in [-0.25, -0.2) is 0 Å². The van der Waals surface area contributed by atoms with Gasteiger partial charge in [-0.15, -0.1) is 0 Å². The number of aliphatic hydroxyl groups excluding tert-OH is 2. The minimum atomic E-state index is -1.32. The predicted octanol–water partition coefficient (Wildman–Crippen LogP) is -0.0229. The van der Waals surface area contributed by atoms with Crippen molar-refractivity contribution in [2.24, 2.45) is 11.8 Å². The number of rotatable bonds is 9. The smallest absolute Gasteiger partial charge is 0.322 e. The summed E-state index contributed by atoms with van der Waals surface area (Å²) in [4.78, 5) is 38.0. The molecule has 1 heterocycles. The van der Waals surface area contributed by atoms with Gasteiger partial charge in [0.2, 0.25) is 12.2 Å². The first-order valence-corrected chi connectivity index (χ1v) is 9.07. The van der Waals surface area contributed by atoms with E-state index in [1.165, 1.54) is 9.80 Å². The lowest BCUT2D eigenvalue weighted by Gasteiger charge is -2.41. The standard InChI is InChI=1S/C17H25N3O6/c21-12(22)9-18-14(23)13-15(24)19(7-5-10-1-2-10)17(26)20(16(13)25)8-6-11-3-4-11/h10-11,17,24,26H,1-9H2,(H,18,23)(H,21,22). The molecule has 2 saturated carbocycles. The van der Waals surface area contributed by atoms with Crippen LogP contribution in [-0.4, -0.2) is 68.9 Å². The SMILES string of the molecule is O=C(O)CNC(=O)C1=C(O)N(CCC2CC2)C(O)N(CCC2CC2)C1=O. The number of nitrogens with zero attached hydrogens (tertiary/aromatic N) is 2. The van der Waals surface area contributed by atoms with Crippen molar-refractivity contribution in [3.63, 3.8) is 0 Å². The zero-order valence-electron chi connectivity index (χ0n) is 14.6. The van der Waals surface area contributed by atoms with Gasteiger partial charge in [-0.2, -0.15) is 0 Å². The highest BCUT2D eigenvalue weighted by Gasteiger charge is 2.42. The third-order valence-corrected chi connectivity index (χ3v) is 5.11. The van der Waals surface area contributed by atoms with Crippen LogP contribution in [0, 0.1) is 11.8 Å². The number of carboxylic acids is 1. The molecule has 0 saturated heterocycles. The molecule has 2 amide bonds. The minimum absolute atomic E-state index is 0.285. The van der Waals surface area contributed by atoms with Gasteiger partial charge in [0.1, 0.15) is 6.54 Å². The third kappa shape index (κ3) is 4.27. The van der Waals surface area contributed by atoms with E-state index in [0.29, 0.717) is 18.4 Å². The van der Waals surface area contributed by atoms with E-state index in [1.54, 1.807) is 0 Å². The summed E-state index contributed by atoms with van der Waals surface area (Å²) in [6, 6.07) is 0. The van der Waals surface area contributed by atoms with Crippen molar-refractivity contribution in [3.05, 3.63) is 11.5 Å². The monoisotopic (exact) mass is 367 g/mol. The zero-order valence-corrected chi connectivity index (χ0v) is 14.6. The Kier molecular flexibility index (Phi) is 5.36. The Balaban J connectivity index is 1.78. The van der Waals surface area contributed by atoms with Crippen LogP contribution in [0.2, 0.25) is 0 Å². The normalized spacial score (nSPS) is 23.4. The number of amides is 2. The maximum absolute atomic E-state index is 12.7. The Morgan fingerprint density at radius 1 is 1.04 bits per heavy atom. The maximum atomic E-state index is 12.7. The molecule has 2 fully saturated rings. The zero-order chi connectivity index (χ0) is 18.8. The number of carboxylic acid groups (broad SMARTS) is 1. The Labute approximate surface area is 151 Å². The molecule has 3 rings (SSSR count). The molecule has 2 aliphatic carbocycles. The van der Waals surface area contributed by atoms with Crippen LogP contribution in [-0.2, 0) is 14.4 Å². The lowest BCUT2D eigenvalue weighted by atomic mass is 10.1. The van der Waals surface area contributed by atoms with Gasteiger partial charge < -0.3 is 20.6 Å². The fraction of sp³-hybridized carbons (Fsp3) is 0.706. The first-order chi connectivity index (χ1) is 12.4. The second kappa shape index (κ2) is 7.53. The fourth-order valence-electron chi connectivity index (χ4n) is 3.10. The molecule has 0 bridgehead atoms. The van der Waals surface area contributed by atoms with Crippen molar-refractivity contribution < 1.29 is 29.7 Å². The van der Waals surface area contributed by atoms with Gasteiger partial charge in [0, 0.05) is 13.1 Å². The average molecular weight is 367 g/mol. The summed E-state index contributed by atoms with van der Waals surface area (Å²) in [5.74, 6) is -2.50. The molecule has 1 atom stereocenters. The van der Waals surface area contributed by atoms with Crippen molar-refractivity contribution in [2.75, 3.05) is 19.6 Å². The predicted molar refractivity (Wildman–Crippen MR) is 89.4 cm³/mol. The number of carbonyl (C=O) groups is 3. The summed E-state index contributed by atoms with van der Waals surface area (Å²) in [7, 11) is 0. The van der Waals surface area contributed by atoms with E-state index in [1.807, 2.05) is 0 Å². The number of carbonyl (C=O) groups excluding carboxylic acids is 2. The number of hydrogen-bond donors (Lipinski definition) is 4. The molecule has 0 aromatic heterocycles. The first kappa shape index (κ1) is 18.5. The molecule has 0 aromatic carbocycles. The summed E-state index contributed by atoms with van der Waals surface area (Å²) in [6.07, 6.45) is 4.54. The van der Waals surface area contributed by atoms with Crippen LogP contribution in [0.4, 0.5) is 0 Å². The van der Waals surface area contributed by atoms with Crippen molar-refractivity contribution in [1.82, 2.24) is 15.1 Å². The molecule has 4 N–H and O–H groups in total. The van der Waals surface area contributed by atoms with Crippen LogP contribution in [0.25, 0.3) is 0 Å². The highest BCUT2D eigenvalue weighted by molar-refractivity contribution is 6.19. The van der Waals surface area contributed by atoms with Crippen LogP contribution >= 0.6 is 0 Å². The second-order valence-electron chi connectivity index (χ2n) is 7.28. The van der Waals surface area contributed by atoms with E-state index in [0.717, 1.165) is 38.5 Å². The lowest BCUT2D eigenvalue weighted by molar-refractivity contribution is -0.164. The summed E-state index contributed by atoms with van der Waals surface area (Å²) in [5, 5.41) is 31.8. The fourth-order valence-corrected chi connectivity index (χ4v) is 3.10. The molecule has 0 radical (unpaired) electrons. The Morgan fingerprint density at radius 2 is 1.58 bits per heavy atom. The quantitative estimate of drug-likeness (QED) is 0.421. The highest BCUT2D eigenvalue weighted by Crippen LogP contribution is 2.35. The summed E-state index contributed by atoms with van der Waals surface area (Å²) in [5.41, 5.74) is -0.511. The highest BCUT2D eigenvalue weighted by atomic mass is 16.4. The summed E-state index contributed by atoms with van der Waals surface area (Å²) < 4.78 is 0. The van der Waals surface area contributed by atoms with Gasteiger partial charge in [-0.05, 0) is 24.7 Å². The number of aliphatic carboxylic acids is 1. The molecule has 3 aliphatic rings. The number of hydrogen-bond acceptors (Lipinski definition) is 6. The molecule has 26 heavy (non-hydrogen) atoms. The first-order valence-electron chi connectivity index (χ1n) is 9.07. The topological polar surface area (TPSA) is 130 Å². The van der Waals surface area contributed by atoms with Crippen LogP contribution in [0.5, 0.6) is 0 Å². The van der Waals surface area contributed by atoms with Crippen LogP contribution in [0.1, 0.15) is 38.5 Å². The second-order valence-corrected chi connectivity index (χ2v) is 7.28. The van der Waals surface area contributed by atoms with Crippen LogP contribution in [0.15, 0.2) is 11.5 Å². The van der Waals surface area contributed by atoms with Gasteiger partial charge in [0.05, 0.1) is 0 Å². The largest absolute Gasteiger partial charge is 0.494 e. The van der Waals surface area contributed by atoms with Crippen molar-refractivity contribution in [1.29, 1.82) is 0 Å². The summed E-state index contributed by atoms with van der Waals surface area (Å²) >= 11 is 0. The van der Waals surface area contributed by atoms with E-state index in [4.69, 9.17) is 5.11 Å². The molecule has 144 valence electrons. The van der Waals surface area contributed by atoms with Gasteiger partial charge >= 0.3 is 5.97 Å². The van der Waals surface area contributed by atoms with Crippen LogP contribution < -0.4 is 5.32 Å². The molecule has 1 unspecified atom stereocenters. The van der Waals surface area contributed by atoms with Gasteiger partial charge in [-0.3, -0.25) is 24.2 Å². The summed E-state index contributed by atoms with van der Waals surface area (Å²) in [6.45, 7) is -0.0518. The van der Waals surface area contributed by atoms with E-state index < -0.39 is 42.1 Å². The van der Waals surface area contributed by atoms with E-state index in [-0.39, 0.29) is 6.54 Å². The van der Waals surface area contributed by atoms with E-state index >= 15 is 0 Å². The lowest BCUT2D eigenvalue weighted by Crippen LogP contribution is -2.57. The maximum Gasteiger partial charge on any atom is 0.322 e. The van der Waals surface area contributed by atoms with Crippen molar-refractivity contribution in [2.45, 2.75) is 44.9 Å². The van der Waals surface area contributed by atoms with Gasteiger partial charge in [0.25, 0.3) is 11.8 Å². The molecule has 9 heteroatoms. The third-order valence-electron chi connectivity index (χ3n) is 5.11. The van der Waals surface area contributed by atoms with Gasteiger partial charge in [-0.1, -0.05) is 25.7 Å². The number of aliphatic hydroxyl groups is 2. The van der Waals surface area contributed by atoms with Gasteiger partial charge in [0.15, 0.2) is 5.57 Å². The number of nitrogens with one attached hydrogen (secondary N) is 1. The Hall–Kier alpha value is -2.29. The van der Waals surface area contributed by atoms with Crippen molar-refractivity contribution >= 4 is 17.8 Å². The molecule has 1 aliphatic heterocycles. The van der Waals surface area contributed by atoms with Crippen LogP contribution in [0.3, 0.4) is 0 Å². The molecular formula is C17H25N3O6. The van der Waals surface area contributed by atoms with E-state index in [2.05, 4.69) is 5.32 Å². The molecule has 0 spiro atoms. The Bertz CT molecular complexity index is 626. The Morgan fingerprint density at radius 3 is 2.08 bits per heavy atom. The average Bonchev–Trinajstić information content (AvgIpc) is 3.46. The molecule has 9 nitrogen and oxygen atoms in total. The molecule has 0 aromatic rings. The van der Waals surface area contributed by atoms with E-state index in [9.17, 15) is 24.6 Å². The van der Waals surface area contributed by atoms with Crippen molar-refractivity contribution in [3.8, 4) is 0 Å². The minimum Gasteiger partial charge on any atom is -0.494 e. The molecular weight excluding hydrogens is 342 g/mol.